The van der Waals surface area contributed by atoms with Gasteiger partial charge in [0, 0.05) is 39.9 Å². The van der Waals surface area contributed by atoms with E-state index in [0.717, 1.165) is 41.9 Å². The number of hydrogen-bond donors (Lipinski definition) is 1. The normalized spacial score (nSPS) is 13.3. The highest BCUT2D eigenvalue weighted by Crippen LogP contribution is 2.38. The number of para-hydroxylation sites is 1. The second-order valence-electron chi connectivity index (χ2n) is 9.55. The number of ether oxygens (including phenoxy) is 1. The number of halogens is 2. The number of anilines is 2. The molecule has 1 aromatic heterocycles. The number of nitrogens with zero attached hydrogens (tertiary/aromatic N) is 2. The van der Waals surface area contributed by atoms with Gasteiger partial charge in [-0.1, -0.05) is 53.5 Å². The maximum atomic E-state index is 13.4. The molecule has 1 heterocycles. The number of esters is 1. The SMILES string of the molecule is CCN(CC)c1ccc(/C=C2\CCc3c2nc2ccccc2c3C(=O)OCC(=O)Nc2cc(Cl)cc(Cl)c2)cc1. The first kappa shape index (κ1) is 27.7. The van der Waals surface area contributed by atoms with Crippen LogP contribution in [0.15, 0.2) is 66.7 Å². The smallest absolute Gasteiger partial charge is 0.339 e. The number of pyridine rings is 1. The van der Waals surface area contributed by atoms with E-state index in [1.165, 1.54) is 5.69 Å². The van der Waals surface area contributed by atoms with Crippen molar-refractivity contribution in [2.24, 2.45) is 0 Å². The second kappa shape index (κ2) is 12.1. The molecular formula is C32H29Cl2N3O3. The van der Waals surface area contributed by atoms with Crippen molar-refractivity contribution >= 4 is 69.0 Å². The Kier molecular flexibility index (Phi) is 8.38. The fourth-order valence-corrected chi connectivity index (χ4v) is 5.64. The third-order valence-corrected chi connectivity index (χ3v) is 7.43. The van der Waals surface area contributed by atoms with Gasteiger partial charge in [-0.15, -0.1) is 0 Å². The lowest BCUT2D eigenvalue weighted by molar-refractivity contribution is -0.119. The number of hydrogen-bond acceptors (Lipinski definition) is 5. The molecular weight excluding hydrogens is 545 g/mol. The summed E-state index contributed by atoms with van der Waals surface area (Å²) >= 11 is 12.0. The molecule has 8 heteroatoms. The second-order valence-corrected chi connectivity index (χ2v) is 10.4. The summed E-state index contributed by atoms with van der Waals surface area (Å²) in [6, 6.07) is 20.7. The van der Waals surface area contributed by atoms with Gasteiger partial charge >= 0.3 is 5.97 Å². The molecule has 0 spiro atoms. The van der Waals surface area contributed by atoms with Crippen molar-refractivity contribution in [3.63, 3.8) is 0 Å². The summed E-state index contributed by atoms with van der Waals surface area (Å²) in [5.74, 6) is -1.05. The molecule has 1 amide bonds. The van der Waals surface area contributed by atoms with Crippen molar-refractivity contribution in [1.29, 1.82) is 0 Å². The Labute approximate surface area is 243 Å². The summed E-state index contributed by atoms with van der Waals surface area (Å²) in [6.07, 6.45) is 3.55. The van der Waals surface area contributed by atoms with Crippen LogP contribution in [-0.2, 0) is 16.0 Å². The van der Waals surface area contributed by atoms with E-state index in [9.17, 15) is 9.59 Å². The van der Waals surface area contributed by atoms with Crippen LogP contribution in [0.25, 0.3) is 22.6 Å². The van der Waals surface area contributed by atoms with Crippen molar-refractivity contribution in [2.75, 3.05) is 29.9 Å². The predicted molar refractivity (Wildman–Crippen MR) is 163 cm³/mol. The van der Waals surface area contributed by atoms with Gasteiger partial charge in [-0.3, -0.25) is 4.79 Å². The van der Waals surface area contributed by atoms with E-state index in [2.05, 4.69) is 54.4 Å². The molecule has 1 aliphatic rings. The molecule has 0 radical (unpaired) electrons. The van der Waals surface area contributed by atoms with E-state index in [1.807, 2.05) is 24.3 Å². The van der Waals surface area contributed by atoms with Crippen LogP contribution < -0.4 is 10.2 Å². The van der Waals surface area contributed by atoms with Gasteiger partial charge in [0.2, 0.25) is 0 Å². The molecule has 1 N–H and O–H groups in total. The number of nitrogens with one attached hydrogen (secondary N) is 1. The van der Waals surface area contributed by atoms with E-state index in [0.29, 0.717) is 38.6 Å². The summed E-state index contributed by atoms with van der Waals surface area (Å²) < 4.78 is 5.50. The third-order valence-electron chi connectivity index (χ3n) is 6.99. The molecule has 40 heavy (non-hydrogen) atoms. The first-order valence-electron chi connectivity index (χ1n) is 13.3. The lowest BCUT2D eigenvalue weighted by atomic mass is 10.0. The number of carbonyl (C=O) groups excluding carboxylic acids is 2. The van der Waals surface area contributed by atoms with Crippen molar-refractivity contribution < 1.29 is 14.3 Å². The van der Waals surface area contributed by atoms with Crippen LogP contribution in [0.4, 0.5) is 11.4 Å². The minimum absolute atomic E-state index is 0.391. The minimum atomic E-state index is -0.557. The largest absolute Gasteiger partial charge is 0.452 e. The van der Waals surface area contributed by atoms with Crippen molar-refractivity contribution in [2.45, 2.75) is 26.7 Å². The monoisotopic (exact) mass is 573 g/mol. The first-order chi connectivity index (χ1) is 19.4. The molecule has 204 valence electrons. The zero-order valence-electron chi connectivity index (χ0n) is 22.3. The zero-order chi connectivity index (χ0) is 28.2. The van der Waals surface area contributed by atoms with Crippen LogP contribution in [0.2, 0.25) is 10.0 Å². The fraction of sp³-hybridized carbons (Fsp3) is 0.219. The summed E-state index contributed by atoms with van der Waals surface area (Å²) in [4.78, 5) is 33.2. The van der Waals surface area contributed by atoms with Gasteiger partial charge in [-0.05, 0) is 85.9 Å². The predicted octanol–water partition coefficient (Wildman–Crippen LogP) is 7.67. The molecule has 5 rings (SSSR count). The Morgan fingerprint density at radius 2 is 1.68 bits per heavy atom. The molecule has 1 aliphatic carbocycles. The van der Waals surface area contributed by atoms with Gasteiger partial charge in [0.25, 0.3) is 5.91 Å². The van der Waals surface area contributed by atoms with Gasteiger partial charge in [0.15, 0.2) is 6.61 Å². The van der Waals surface area contributed by atoms with Crippen molar-refractivity contribution in [3.05, 3.63) is 99.2 Å². The van der Waals surface area contributed by atoms with Crippen LogP contribution in [0.1, 0.15) is 47.4 Å². The molecule has 0 atom stereocenters. The molecule has 0 unspecified atom stereocenters. The standard InChI is InChI=1S/C32H29Cl2N3O3/c1-3-37(4-2)25-12-9-20(10-13-25)15-21-11-14-27-30(26-7-5-6-8-28(26)36-31(21)27)32(39)40-19-29(38)35-24-17-22(33)16-23(34)18-24/h5-10,12-13,15-18H,3-4,11,14,19H2,1-2H3,(H,35,38)/b21-15+. The maximum Gasteiger partial charge on any atom is 0.339 e. The van der Waals surface area contributed by atoms with Crippen molar-refractivity contribution in [1.82, 2.24) is 4.98 Å². The third kappa shape index (κ3) is 5.98. The first-order valence-corrected chi connectivity index (χ1v) is 14.0. The van der Waals surface area contributed by atoms with Gasteiger partial charge < -0.3 is 15.0 Å². The van der Waals surface area contributed by atoms with Gasteiger partial charge in [-0.2, -0.15) is 0 Å². The number of rotatable bonds is 8. The highest BCUT2D eigenvalue weighted by molar-refractivity contribution is 6.35. The average molecular weight is 575 g/mol. The minimum Gasteiger partial charge on any atom is -0.452 e. The Hall–Kier alpha value is -3.87. The molecule has 3 aromatic carbocycles. The topological polar surface area (TPSA) is 71.5 Å². The van der Waals surface area contributed by atoms with Gasteiger partial charge in [-0.25, -0.2) is 9.78 Å². The Morgan fingerprint density at radius 1 is 0.975 bits per heavy atom. The number of allylic oxidation sites excluding steroid dienone is 1. The zero-order valence-corrected chi connectivity index (χ0v) is 23.9. The molecule has 0 saturated carbocycles. The lowest BCUT2D eigenvalue weighted by Crippen LogP contribution is -2.21. The van der Waals surface area contributed by atoms with Crippen LogP contribution in [0.3, 0.4) is 0 Å². The summed E-state index contributed by atoms with van der Waals surface area (Å²) in [5, 5.41) is 4.15. The Balaban J connectivity index is 1.40. The maximum absolute atomic E-state index is 13.4. The molecule has 0 bridgehead atoms. The average Bonchev–Trinajstić information content (AvgIpc) is 3.33. The van der Waals surface area contributed by atoms with Gasteiger partial charge in [0.05, 0.1) is 16.8 Å². The van der Waals surface area contributed by atoms with E-state index < -0.39 is 18.5 Å². The van der Waals surface area contributed by atoms with Crippen LogP contribution >= 0.6 is 23.2 Å². The van der Waals surface area contributed by atoms with Crippen LogP contribution in [-0.4, -0.2) is 36.6 Å². The molecule has 0 saturated heterocycles. The highest BCUT2D eigenvalue weighted by atomic mass is 35.5. The molecule has 0 fully saturated rings. The number of amides is 1. The Morgan fingerprint density at radius 3 is 2.38 bits per heavy atom. The summed E-state index contributed by atoms with van der Waals surface area (Å²) in [5.41, 5.74) is 6.57. The lowest BCUT2D eigenvalue weighted by Gasteiger charge is -2.20. The number of fused-ring (bicyclic) bond motifs is 2. The van der Waals surface area contributed by atoms with Gasteiger partial charge in [0.1, 0.15) is 0 Å². The number of carbonyl (C=O) groups is 2. The fourth-order valence-electron chi connectivity index (χ4n) is 5.11. The van der Waals surface area contributed by atoms with Crippen LogP contribution in [0.5, 0.6) is 0 Å². The summed E-state index contributed by atoms with van der Waals surface area (Å²) in [7, 11) is 0. The number of benzene rings is 3. The summed E-state index contributed by atoms with van der Waals surface area (Å²) in [6.45, 7) is 5.76. The molecule has 0 aliphatic heterocycles. The van der Waals surface area contributed by atoms with Crippen LogP contribution in [0, 0.1) is 0 Å². The Bertz CT molecular complexity index is 1590. The van der Waals surface area contributed by atoms with E-state index in [4.69, 9.17) is 32.9 Å². The van der Waals surface area contributed by atoms with E-state index in [1.54, 1.807) is 18.2 Å². The van der Waals surface area contributed by atoms with E-state index in [-0.39, 0.29) is 0 Å². The van der Waals surface area contributed by atoms with Crippen molar-refractivity contribution in [3.8, 4) is 0 Å². The highest BCUT2D eigenvalue weighted by Gasteiger charge is 2.28. The quantitative estimate of drug-likeness (QED) is 0.219. The molecule has 6 nitrogen and oxygen atoms in total. The molecule has 4 aromatic rings. The number of aromatic nitrogens is 1. The van der Waals surface area contributed by atoms with E-state index >= 15 is 0 Å².